The van der Waals surface area contributed by atoms with Crippen LogP contribution in [0.2, 0.25) is 0 Å². The largest absolute Gasteiger partial charge is 0.377 e. The molecule has 90 valence electrons. The summed E-state index contributed by atoms with van der Waals surface area (Å²) in [5, 5.41) is 3.28. The van der Waals surface area contributed by atoms with Crippen LogP contribution in [0.5, 0.6) is 0 Å². The number of nitrogens with one attached hydrogen (secondary N) is 1. The number of nitrogens with zero attached hydrogens (tertiary/aromatic N) is 2. The minimum Gasteiger partial charge on any atom is -0.377 e. The van der Waals surface area contributed by atoms with E-state index in [-0.39, 0.29) is 0 Å². The van der Waals surface area contributed by atoms with E-state index in [9.17, 15) is 0 Å². The highest BCUT2D eigenvalue weighted by atomic mass is 79.9. The Kier molecular flexibility index (Phi) is 5.69. The number of aryl methyl sites for hydroxylation is 1. The van der Waals surface area contributed by atoms with Crippen molar-refractivity contribution in [2.45, 2.75) is 33.3 Å². The second kappa shape index (κ2) is 6.81. The first-order valence-corrected chi connectivity index (χ1v) is 6.30. The van der Waals surface area contributed by atoms with Crippen molar-refractivity contribution in [1.82, 2.24) is 9.97 Å². The van der Waals surface area contributed by atoms with Crippen LogP contribution in [0.4, 0.5) is 5.82 Å². The highest BCUT2D eigenvalue weighted by Gasteiger charge is 2.10. The molecule has 1 aromatic heterocycles. The first-order chi connectivity index (χ1) is 7.72. The van der Waals surface area contributed by atoms with Gasteiger partial charge in [0, 0.05) is 13.7 Å². The zero-order valence-corrected chi connectivity index (χ0v) is 11.6. The minimum atomic E-state index is 0.446. The SMILES string of the molecule is CCCNc1nc(COC)nc(CC)c1Br. The monoisotopic (exact) mass is 287 g/mol. The Bertz CT molecular complexity index is 344. The Balaban J connectivity index is 2.98. The van der Waals surface area contributed by atoms with E-state index >= 15 is 0 Å². The molecule has 0 aliphatic carbocycles. The van der Waals surface area contributed by atoms with Crippen LogP contribution in [0.3, 0.4) is 0 Å². The lowest BCUT2D eigenvalue weighted by molar-refractivity contribution is 0.177. The van der Waals surface area contributed by atoms with Crippen molar-refractivity contribution >= 4 is 21.7 Å². The number of aromatic nitrogens is 2. The predicted octanol–water partition coefficient (Wildman–Crippen LogP) is 2.77. The summed E-state index contributed by atoms with van der Waals surface area (Å²) >= 11 is 3.53. The lowest BCUT2D eigenvalue weighted by atomic mass is 10.3. The van der Waals surface area contributed by atoms with Gasteiger partial charge >= 0.3 is 0 Å². The summed E-state index contributed by atoms with van der Waals surface area (Å²) in [6.45, 7) is 5.55. The van der Waals surface area contributed by atoms with Crippen molar-refractivity contribution in [2.24, 2.45) is 0 Å². The van der Waals surface area contributed by atoms with E-state index in [2.05, 4.69) is 45.1 Å². The molecule has 16 heavy (non-hydrogen) atoms. The van der Waals surface area contributed by atoms with Crippen LogP contribution >= 0.6 is 15.9 Å². The predicted molar refractivity (Wildman–Crippen MR) is 68.6 cm³/mol. The van der Waals surface area contributed by atoms with Crippen LogP contribution in [0, 0.1) is 0 Å². The topological polar surface area (TPSA) is 47.0 Å². The quantitative estimate of drug-likeness (QED) is 0.874. The van der Waals surface area contributed by atoms with Crippen LogP contribution in [0.25, 0.3) is 0 Å². The maximum absolute atomic E-state index is 5.06. The van der Waals surface area contributed by atoms with Gasteiger partial charge in [-0.05, 0) is 28.8 Å². The summed E-state index contributed by atoms with van der Waals surface area (Å²) in [6.07, 6.45) is 1.94. The van der Waals surface area contributed by atoms with E-state index in [0.29, 0.717) is 6.61 Å². The molecule has 0 atom stereocenters. The van der Waals surface area contributed by atoms with Crippen molar-refractivity contribution in [1.29, 1.82) is 0 Å². The fraction of sp³-hybridized carbons (Fsp3) is 0.636. The van der Waals surface area contributed by atoms with Crippen LogP contribution in [0.15, 0.2) is 4.47 Å². The number of methoxy groups -OCH3 is 1. The Morgan fingerprint density at radius 1 is 1.31 bits per heavy atom. The van der Waals surface area contributed by atoms with E-state index in [0.717, 1.165) is 41.2 Å². The number of rotatable bonds is 6. The molecule has 0 fully saturated rings. The van der Waals surface area contributed by atoms with Gasteiger partial charge in [0.15, 0.2) is 5.82 Å². The fourth-order valence-electron chi connectivity index (χ4n) is 1.33. The molecule has 0 saturated carbocycles. The molecule has 0 spiro atoms. The second-order valence-corrected chi connectivity index (χ2v) is 4.26. The molecule has 4 nitrogen and oxygen atoms in total. The van der Waals surface area contributed by atoms with Gasteiger partial charge in [0.25, 0.3) is 0 Å². The molecule has 0 aliphatic rings. The molecule has 1 heterocycles. The Labute approximate surface area is 105 Å². The average Bonchev–Trinajstić information content (AvgIpc) is 2.29. The average molecular weight is 288 g/mol. The van der Waals surface area contributed by atoms with E-state index in [1.54, 1.807) is 7.11 Å². The van der Waals surface area contributed by atoms with Gasteiger partial charge in [-0.15, -0.1) is 0 Å². The number of halogens is 1. The van der Waals surface area contributed by atoms with Gasteiger partial charge in [-0.2, -0.15) is 0 Å². The van der Waals surface area contributed by atoms with Gasteiger partial charge < -0.3 is 10.1 Å². The van der Waals surface area contributed by atoms with Crippen LogP contribution < -0.4 is 5.32 Å². The number of ether oxygens (including phenoxy) is 1. The van der Waals surface area contributed by atoms with Crippen molar-refractivity contribution in [2.75, 3.05) is 19.0 Å². The third-order valence-corrected chi connectivity index (χ3v) is 2.95. The number of hydrogen-bond acceptors (Lipinski definition) is 4. The summed E-state index contributed by atoms with van der Waals surface area (Å²) in [7, 11) is 1.65. The first-order valence-electron chi connectivity index (χ1n) is 5.51. The molecule has 5 heteroatoms. The van der Waals surface area contributed by atoms with Crippen LogP contribution in [-0.2, 0) is 17.8 Å². The lowest BCUT2D eigenvalue weighted by Gasteiger charge is -2.11. The zero-order valence-electron chi connectivity index (χ0n) is 10.0. The molecule has 0 saturated heterocycles. The van der Waals surface area contributed by atoms with Gasteiger partial charge in [-0.3, -0.25) is 0 Å². The molecule has 1 aromatic rings. The standard InChI is InChI=1S/C11H18BrN3O/c1-4-6-13-11-10(12)8(5-2)14-9(15-11)7-16-3/h4-7H2,1-3H3,(H,13,14,15). The van der Waals surface area contributed by atoms with E-state index in [4.69, 9.17) is 4.74 Å². The zero-order chi connectivity index (χ0) is 12.0. The highest BCUT2D eigenvalue weighted by Crippen LogP contribution is 2.24. The molecular weight excluding hydrogens is 270 g/mol. The van der Waals surface area contributed by atoms with E-state index < -0.39 is 0 Å². The van der Waals surface area contributed by atoms with Gasteiger partial charge in [0.1, 0.15) is 12.4 Å². The van der Waals surface area contributed by atoms with Crippen molar-refractivity contribution in [3.8, 4) is 0 Å². The number of hydrogen-bond donors (Lipinski definition) is 1. The van der Waals surface area contributed by atoms with Crippen LogP contribution in [-0.4, -0.2) is 23.6 Å². The molecule has 1 rings (SSSR count). The Morgan fingerprint density at radius 3 is 2.62 bits per heavy atom. The maximum Gasteiger partial charge on any atom is 0.156 e. The summed E-state index contributed by atoms with van der Waals surface area (Å²) in [5.74, 6) is 1.59. The van der Waals surface area contributed by atoms with Crippen LogP contribution in [0.1, 0.15) is 31.8 Å². The van der Waals surface area contributed by atoms with Gasteiger partial charge in [0.05, 0.1) is 10.2 Å². The molecular formula is C11H18BrN3O. The molecule has 0 bridgehead atoms. The summed E-state index contributed by atoms with van der Waals surface area (Å²) in [4.78, 5) is 8.84. The lowest BCUT2D eigenvalue weighted by Crippen LogP contribution is -2.09. The molecule has 0 aromatic carbocycles. The molecule has 0 unspecified atom stereocenters. The molecule has 0 aliphatic heterocycles. The van der Waals surface area contributed by atoms with Crippen molar-refractivity contribution in [3.63, 3.8) is 0 Å². The third-order valence-electron chi connectivity index (χ3n) is 2.12. The summed E-state index contributed by atoms with van der Waals surface area (Å²) in [6, 6.07) is 0. The normalized spacial score (nSPS) is 10.5. The summed E-state index contributed by atoms with van der Waals surface area (Å²) < 4.78 is 6.02. The second-order valence-electron chi connectivity index (χ2n) is 3.46. The third kappa shape index (κ3) is 3.42. The Morgan fingerprint density at radius 2 is 2.06 bits per heavy atom. The molecule has 1 N–H and O–H groups in total. The first kappa shape index (κ1) is 13.4. The van der Waals surface area contributed by atoms with Gasteiger partial charge in [0.2, 0.25) is 0 Å². The highest BCUT2D eigenvalue weighted by molar-refractivity contribution is 9.10. The minimum absolute atomic E-state index is 0.446. The van der Waals surface area contributed by atoms with Crippen molar-refractivity contribution in [3.05, 3.63) is 16.0 Å². The van der Waals surface area contributed by atoms with Gasteiger partial charge in [-0.25, -0.2) is 9.97 Å². The van der Waals surface area contributed by atoms with Crippen molar-refractivity contribution < 1.29 is 4.74 Å². The van der Waals surface area contributed by atoms with Gasteiger partial charge in [-0.1, -0.05) is 13.8 Å². The smallest absolute Gasteiger partial charge is 0.156 e. The fourth-order valence-corrected chi connectivity index (χ4v) is 1.93. The van der Waals surface area contributed by atoms with E-state index in [1.807, 2.05) is 0 Å². The number of anilines is 1. The molecule has 0 radical (unpaired) electrons. The van der Waals surface area contributed by atoms with E-state index in [1.165, 1.54) is 0 Å². The maximum atomic E-state index is 5.06. The Hall–Kier alpha value is -0.680. The summed E-state index contributed by atoms with van der Waals surface area (Å²) in [5.41, 5.74) is 1.01. The molecule has 0 amide bonds.